The van der Waals surface area contributed by atoms with Crippen LogP contribution < -0.4 is 26.4 Å². The Hall–Kier alpha value is -3.68. The predicted octanol–water partition coefficient (Wildman–Crippen LogP) is 5.72. The van der Waals surface area contributed by atoms with Gasteiger partial charge in [-0.25, -0.2) is 9.37 Å². The number of benzene rings is 1. The first-order valence-corrected chi connectivity index (χ1v) is 14.8. The van der Waals surface area contributed by atoms with Gasteiger partial charge in [0.15, 0.2) is 0 Å². The zero-order valence-corrected chi connectivity index (χ0v) is 26.3. The van der Waals surface area contributed by atoms with Gasteiger partial charge >= 0.3 is 6.18 Å². The number of carbonyl (C=O) groups is 2. The van der Waals surface area contributed by atoms with Crippen LogP contribution in [0.4, 0.5) is 35.0 Å². The summed E-state index contributed by atoms with van der Waals surface area (Å²) in [4.78, 5) is 32.6. The van der Waals surface area contributed by atoms with E-state index in [9.17, 15) is 22.8 Å². The molecule has 0 saturated heterocycles. The fourth-order valence-electron chi connectivity index (χ4n) is 4.37. The Bertz CT molecular complexity index is 1240. The second kappa shape index (κ2) is 17.0. The normalized spacial score (nSPS) is 14.5. The van der Waals surface area contributed by atoms with Gasteiger partial charge in [-0.3, -0.25) is 9.59 Å². The van der Waals surface area contributed by atoms with Crippen molar-refractivity contribution in [2.45, 2.75) is 84.0 Å². The molecule has 0 aliphatic heterocycles. The van der Waals surface area contributed by atoms with Gasteiger partial charge in [-0.15, -0.1) is 0 Å². The molecule has 1 fully saturated rings. The Labute approximate surface area is 256 Å². The lowest BCUT2D eigenvalue weighted by Crippen LogP contribution is -2.37. The second-order valence-corrected chi connectivity index (χ2v) is 11.3. The number of amides is 2. The molecule has 1 atom stereocenters. The summed E-state index contributed by atoms with van der Waals surface area (Å²) in [5, 5.41) is 8.50. The summed E-state index contributed by atoms with van der Waals surface area (Å²) in [7, 11) is 5.20. The molecular weight excluding hydrogens is 582 g/mol. The van der Waals surface area contributed by atoms with E-state index in [1.165, 1.54) is 13.2 Å². The second-order valence-electron chi connectivity index (χ2n) is 11.3. The zero-order chi connectivity index (χ0) is 33.0. The van der Waals surface area contributed by atoms with Crippen molar-refractivity contribution in [1.29, 1.82) is 0 Å². The molecule has 1 aromatic heterocycles. The Balaban J connectivity index is 0.00000102. The van der Waals surface area contributed by atoms with Gasteiger partial charge in [0.05, 0.1) is 18.4 Å². The van der Waals surface area contributed by atoms with E-state index in [2.05, 4.69) is 25.9 Å². The lowest BCUT2D eigenvalue weighted by atomic mass is 9.95. The maximum atomic E-state index is 15.0. The van der Waals surface area contributed by atoms with E-state index < -0.39 is 23.5 Å². The number of primary amides is 1. The smallest absolute Gasteiger partial charge is 0.421 e. The molecule has 1 unspecified atom stereocenters. The molecule has 14 heteroatoms. The van der Waals surface area contributed by atoms with Crippen molar-refractivity contribution in [3.05, 3.63) is 35.3 Å². The average molecular weight is 628 g/mol. The molecule has 1 heterocycles. The zero-order valence-electron chi connectivity index (χ0n) is 26.3. The molecular formula is C30H45F4N7O3. The van der Waals surface area contributed by atoms with Crippen molar-refractivity contribution in [2.75, 3.05) is 38.4 Å². The third-order valence-electron chi connectivity index (χ3n) is 7.14. The molecule has 10 nitrogen and oxygen atoms in total. The first-order chi connectivity index (χ1) is 20.7. The number of hydrogen-bond acceptors (Lipinski definition) is 8. The number of rotatable bonds is 12. The fourth-order valence-corrected chi connectivity index (χ4v) is 4.37. The minimum absolute atomic E-state index is 0.00926. The number of nitrogens with two attached hydrogens (primary N) is 1. The lowest BCUT2D eigenvalue weighted by molar-refractivity contribution is -0.137. The number of halogens is 4. The minimum Gasteiger partial charge on any atom is -0.495 e. The van der Waals surface area contributed by atoms with E-state index in [4.69, 9.17) is 10.5 Å². The monoisotopic (exact) mass is 627 g/mol. The molecule has 5 N–H and O–H groups in total. The molecule has 1 aliphatic rings. The number of alkyl halides is 3. The van der Waals surface area contributed by atoms with Gasteiger partial charge in [-0.05, 0) is 52.4 Å². The van der Waals surface area contributed by atoms with Crippen molar-refractivity contribution >= 4 is 29.3 Å². The average Bonchev–Trinajstić information content (AvgIpc) is 2.95. The third kappa shape index (κ3) is 11.4. The van der Waals surface area contributed by atoms with Crippen LogP contribution in [0.25, 0.3) is 0 Å². The highest BCUT2D eigenvalue weighted by molar-refractivity contribution is 5.96. The van der Waals surface area contributed by atoms with Crippen molar-refractivity contribution in [2.24, 2.45) is 11.7 Å². The first-order valence-electron chi connectivity index (χ1n) is 14.8. The molecule has 246 valence electrons. The summed E-state index contributed by atoms with van der Waals surface area (Å²) >= 11 is 0. The third-order valence-corrected chi connectivity index (χ3v) is 7.14. The highest BCUT2D eigenvalue weighted by Crippen LogP contribution is 2.36. The number of nitrogens with one attached hydrogen (secondary N) is 3. The van der Waals surface area contributed by atoms with Crippen LogP contribution in [-0.2, 0) is 11.0 Å². The van der Waals surface area contributed by atoms with Crippen LogP contribution in [0.1, 0.15) is 81.6 Å². The molecule has 1 aliphatic carbocycles. The van der Waals surface area contributed by atoms with E-state index in [1.807, 2.05) is 25.9 Å². The Morgan fingerprint density at radius 1 is 1.16 bits per heavy atom. The van der Waals surface area contributed by atoms with E-state index in [-0.39, 0.29) is 52.7 Å². The van der Waals surface area contributed by atoms with Crippen LogP contribution in [0.3, 0.4) is 0 Å². The van der Waals surface area contributed by atoms with Gasteiger partial charge in [-0.2, -0.15) is 18.2 Å². The molecule has 0 bridgehead atoms. The molecule has 2 aromatic rings. The maximum Gasteiger partial charge on any atom is 0.421 e. The number of methoxy groups -OCH3 is 1. The van der Waals surface area contributed by atoms with Gasteiger partial charge in [0, 0.05) is 30.3 Å². The van der Waals surface area contributed by atoms with Crippen LogP contribution in [0.2, 0.25) is 0 Å². The number of carbonyl (C=O) groups excluding carboxylic acids is 2. The number of anilines is 3. The minimum atomic E-state index is -4.64. The predicted molar refractivity (Wildman–Crippen MR) is 163 cm³/mol. The lowest BCUT2D eigenvalue weighted by Gasteiger charge is -2.25. The van der Waals surface area contributed by atoms with Gasteiger partial charge < -0.3 is 31.3 Å². The van der Waals surface area contributed by atoms with Gasteiger partial charge in [0.25, 0.3) is 5.91 Å². The number of ether oxygens (including phenoxy) is 1. The van der Waals surface area contributed by atoms with E-state index in [1.54, 1.807) is 13.8 Å². The van der Waals surface area contributed by atoms with Gasteiger partial charge in [0.1, 0.15) is 22.9 Å². The summed E-state index contributed by atoms with van der Waals surface area (Å²) in [6.45, 7) is 6.23. The SMILES string of the molecule is CC(C)C(N)=O.CCC(CCN(C)C)NC(=O)c1cc(OC)c(Nc2ncc(C(F)(F)F)c(NC3CCCCC3)n2)cc1F. The van der Waals surface area contributed by atoms with E-state index >= 15 is 4.39 Å². The van der Waals surface area contributed by atoms with Crippen LogP contribution in [0, 0.1) is 11.7 Å². The number of hydrogen-bond donors (Lipinski definition) is 4. The maximum absolute atomic E-state index is 15.0. The molecule has 44 heavy (non-hydrogen) atoms. The topological polar surface area (TPSA) is 134 Å². The molecule has 2 amide bonds. The van der Waals surface area contributed by atoms with Crippen molar-refractivity contribution in [3.63, 3.8) is 0 Å². The highest BCUT2D eigenvalue weighted by atomic mass is 19.4. The summed E-state index contributed by atoms with van der Waals surface area (Å²) in [6, 6.07) is 2.03. The quantitative estimate of drug-likeness (QED) is 0.220. The van der Waals surface area contributed by atoms with Crippen molar-refractivity contribution in [1.82, 2.24) is 20.2 Å². The summed E-state index contributed by atoms with van der Waals surface area (Å²) in [6.07, 6.45) is 1.86. The standard InChI is InChI=1S/C26H36F4N6O2.C4H9NO/c1-5-16(11-12-36(2)3)33-24(37)18-13-22(38-4)21(14-20(18)27)34-25-31-15-19(26(28,29)30)23(35-25)32-17-9-7-6-8-10-17;1-3(2)4(5)6/h13-17H,5-12H2,1-4H3,(H,33,37)(H2,31,32,34,35);3H,1-2H3,(H2,5,6). The Kier molecular flexibility index (Phi) is 14.1. The van der Waals surface area contributed by atoms with E-state index in [0.29, 0.717) is 19.0 Å². The van der Waals surface area contributed by atoms with Gasteiger partial charge in [-0.1, -0.05) is 40.0 Å². The van der Waals surface area contributed by atoms with E-state index in [0.717, 1.165) is 44.7 Å². The van der Waals surface area contributed by atoms with Crippen LogP contribution in [0.15, 0.2) is 18.3 Å². The summed E-state index contributed by atoms with van der Waals surface area (Å²) in [5.41, 5.74) is 3.69. The summed E-state index contributed by atoms with van der Waals surface area (Å²) < 4.78 is 61.2. The molecule has 0 radical (unpaired) electrons. The summed E-state index contributed by atoms with van der Waals surface area (Å²) in [5.74, 6) is -2.03. The number of aromatic nitrogens is 2. The molecule has 1 aromatic carbocycles. The number of nitrogens with zero attached hydrogens (tertiary/aromatic N) is 3. The van der Waals surface area contributed by atoms with Gasteiger partial charge in [0.2, 0.25) is 11.9 Å². The molecule has 0 spiro atoms. The fraction of sp³-hybridized carbons (Fsp3) is 0.600. The van der Waals surface area contributed by atoms with Crippen LogP contribution >= 0.6 is 0 Å². The highest BCUT2D eigenvalue weighted by Gasteiger charge is 2.36. The van der Waals surface area contributed by atoms with Crippen LogP contribution in [0.5, 0.6) is 5.75 Å². The largest absolute Gasteiger partial charge is 0.495 e. The Morgan fingerprint density at radius 3 is 2.32 bits per heavy atom. The van der Waals surface area contributed by atoms with Crippen molar-refractivity contribution in [3.8, 4) is 5.75 Å². The van der Waals surface area contributed by atoms with Crippen LogP contribution in [-0.4, -0.2) is 66.5 Å². The van der Waals surface area contributed by atoms with Crippen molar-refractivity contribution < 1.29 is 31.9 Å². The molecule has 3 rings (SSSR count). The molecule has 1 saturated carbocycles. The first kappa shape index (κ1) is 36.5. The Morgan fingerprint density at radius 2 is 1.80 bits per heavy atom.